The SMILES string of the molecule is CC(C)n1c(CCNC(=O)CC2(CN)CCCCC2)nc2ccccc21.Cl.Cl. The molecule has 1 aliphatic rings. The zero-order chi connectivity index (χ0) is 18.6. The summed E-state index contributed by atoms with van der Waals surface area (Å²) < 4.78 is 2.27. The first-order valence-corrected chi connectivity index (χ1v) is 9.97. The van der Waals surface area contributed by atoms with Gasteiger partial charge in [0.05, 0.1) is 11.0 Å². The molecule has 1 heterocycles. The van der Waals surface area contributed by atoms with E-state index in [0.717, 1.165) is 36.1 Å². The second-order valence-electron chi connectivity index (χ2n) is 8.02. The van der Waals surface area contributed by atoms with Crippen molar-refractivity contribution >= 4 is 41.8 Å². The average Bonchev–Trinajstić information content (AvgIpc) is 3.01. The lowest BCUT2D eigenvalue weighted by atomic mass is 9.71. The van der Waals surface area contributed by atoms with Gasteiger partial charge < -0.3 is 15.6 Å². The van der Waals surface area contributed by atoms with Gasteiger partial charge in [-0.25, -0.2) is 4.98 Å². The van der Waals surface area contributed by atoms with Crippen LogP contribution in [0.1, 0.15) is 64.2 Å². The molecule has 2 aromatic rings. The second kappa shape index (κ2) is 11.0. The third-order valence-electron chi connectivity index (χ3n) is 5.74. The number of halogens is 2. The first-order chi connectivity index (χ1) is 12.5. The van der Waals surface area contributed by atoms with Crippen LogP contribution in [-0.4, -0.2) is 28.5 Å². The lowest BCUT2D eigenvalue weighted by molar-refractivity contribution is -0.123. The minimum atomic E-state index is 0. The van der Waals surface area contributed by atoms with E-state index in [1.54, 1.807) is 0 Å². The number of nitrogens with zero attached hydrogens (tertiary/aromatic N) is 2. The van der Waals surface area contributed by atoms with Crippen LogP contribution in [0, 0.1) is 5.41 Å². The molecular formula is C21H34Cl2N4O. The van der Waals surface area contributed by atoms with E-state index in [-0.39, 0.29) is 36.1 Å². The number of fused-ring (bicyclic) bond motifs is 1. The van der Waals surface area contributed by atoms with Crippen molar-refractivity contribution in [1.82, 2.24) is 14.9 Å². The fraction of sp³-hybridized carbons (Fsp3) is 0.619. The van der Waals surface area contributed by atoms with Gasteiger partial charge in [-0.2, -0.15) is 0 Å². The molecule has 1 aromatic heterocycles. The molecule has 0 atom stereocenters. The highest BCUT2D eigenvalue weighted by atomic mass is 35.5. The number of imidazole rings is 1. The Balaban J connectivity index is 0.00000196. The smallest absolute Gasteiger partial charge is 0.220 e. The van der Waals surface area contributed by atoms with Crippen molar-refractivity contribution in [1.29, 1.82) is 0 Å². The molecule has 1 amide bonds. The van der Waals surface area contributed by atoms with E-state index in [4.69, 9.17) is 10.7 Å². The molecule has 1 saturated carbocycles. The summed E-state index contributed by atoms with van der Waals surface area (Å²) in [4.78, 5) is 17.2. The highest BCUT2D eigenvalue weighted by Gasteiger charge is 2.32. The predicted molar refractivity (Wildman–Crippen MR) is 121 cm³/mol. The van der Waals surface area contributed by atoms with E-state index in [9.17, 15) is 4.79 Å². The fourth-order valence-electron chi connectivity index (χ4n) is 4.32. The maximum atomic E-state index is 12.5. The molecule has 0 saturated heterocycles. The Bertz CT molecular complexity index is 754. The predicted octanol–water partition coefficient (Wildman–Crippen LogP) is 4.42. The van der Waals surface area contributed by atoms with Crippen LogP contribution in [-0.2, 0) is 11.2 Å². The van der Waals surface area contributed by atoms with Crippen molar-refractivity contribution in [2.75, 3.05) is 13.1 Å². The van der Waals surface area contributed by atoms with E-state index in [2.05, 4.69) is 29.8 Å². The van der Waals surface area contributed by atoms with Crippen molar-refractivity contribution in [3.05, 3.63) is 30.1 Å². The highest BCUT2D eigenvalue weighted by Crippen LogP contribution is 2.38. The number of benzene rings is 1. The van der Waals surface area contributed by atoms with Crippen molar-refractivity contribution in [2.45, 2.75) is 64.8 Å². The molecule has 0 spiro atoms. The number of hydrogen-bond donors (Lipinski definition) is 2. The van der Waals surface area contributed by atoms with Gasteiger partial charge in [-0.1, -0.05) is 31.4 Å². The molecule has 3 N–H and O–H groups in total. The number of nitrogens with two attached hydrogens (primary N) is 1. The van der Waals surface area contributed by atoms with Crippen LogP contribution in [0.25, 0.3) is 11.0 Å². The molecule has 0 aliphatic heterocycles. The number of rotatable bonds is 7. The molecule has 0 bridgehead atoms. The molecule has 1 aliphatic carbocycles. The Hall–Kier alpha value is -1.30. The minimum Gasteiger partial charge on any atom is -0.356 e. The third-order valence-corrected chi connectivity index (χ3v) is 5.74. The van der Waals surface area contributed by atoms with Crippen LogP contribution >= 0.6 is 24.8 Å². The Morgan fingerprint density at radius 1 is 1.21 bits per heavy atom. The number of aromatic nitrogens is 2. The van der Waals surface area contributed by atoms with Gasteiger partial charge in [0.15, 0.2) is 0 Å². The summed E-state index contributed by atoms with van der Waals surface area (Å²) >= 11 is 0. The molecular weight excluding hydrogens is 395 g/mol. The lowest BCUT2D eigenvalue weighted by Crippen LogP contribution is -2.39. The molecule has 28 heavy (non-hydrogen) atoms. The van der Waals surface area contributed by atoms with E-state index in [1.165, 1.54) is 19.3 Å². The molecule has 0 unspecified atom stereocenters. The third kappa shape index (κ3) is 5.62. The maximum absolute atomic E-state index is 12.5. The van der Waals surface area contributed by atoms with E-state index < -0.39 is 0 Å². The molecule has 3 rings (SSSR count). The van der Waals surface area contributed by atoms with E-state index in [0.29, 0.717) is 25.6 Å². The van der Waals surface area contributed by atoms with Crippen molar-refractivity contribution in [3.8, 4) is 0 Å². The van der Waals surface area contributed by atoms with Gasteiger partial charge in [-0.15, -0.1) is 24.8 Å². The quantitative estimate of drug-likeness (QED) is 0.685. The van der Waals surface area contributed by atoms with Crippen LogP contribution in [0.2, 0.25) is 0 Å². The summed E-state index contributed by atoms with van der Waals surface area (Å²) in [5, 5.41) is 3.10. The Morgan fingerprint density at radius 2 is 1.89 bits per heavy atom. The van der Waals surface area contributed by atoms with Gasteiger partial charge in [0.1, 0.15) is 5.82 Å². The minimum absolute atomic E-state index is 0. The van der Waals surface area contributed by atoms with E-state index in [1.807, 2.05) is 18.2 Å². The summed E-state index contributed by atoms with van der Waals surface area (Å²) in [5.74, 6) is 1.16. The van der Waals surface area contributed by atoms with Gasteiger partial charge in [0, 0.05) is 25.4 Å². The van der Waals surface area contributed by atoms with Crippen LogP contribution in [0.4, 0.5) is 0 Å². The van der Waals surface area contributed by atoms with Gasteiger partial charge in [-0.3, -0.25) is 4.79 Å². The van der Waals surface area contributed by atoms with E-state index >= 15 is 0 Å². The maximum Gasteiger partial charge on any atom is 0.220 e. The highest BCUT2D eigenvalue weighted by molar-refractivity contribution is 5.85. The standard InChI is InChI=1S/C21H32N4O.2ClH/c1-16(2)25-18-9-5-4-8-17(18)24-19(25)10-13-23-20(26)14-21(15-22)11-6-3-7-12-21;;/h4-5,8-9,16H,3,6-7,10-15,22H2,1-2H3,(H,23,26);2*1H. The van der Waals surface area contributed by atoms with Crippen LogP contribution in [0.15, 0.2) is 24.3 Å². The lowest BCUT2D eigenvalue weighted by Gasteiger charge is -2.35. The number of amides is 1. The molecule has 0 radical (unpaired) electrons. The largest absolute Gasteiger partial charge is 0.356 e. The van der Waals surface area contributed by atoms with Gasteiger partial charge in [-0.05, 0) is 50.8 Å². The van der Waals surface area contributed by atoms with Gasteiger partial charge in [0.25, 0.3) is 0 Å². The second-order valence-corrected chi connectivity index (χ2v) is 8.02. The molecule has 1 fully saturated rings. The zero-order valence-corrected chi connectivity index (χ0v) is 18.6. The average molecular weight is 429 g/mol. The molecule has 7 heteroatoms. The van der Waals surface area contributed by atoms with Gasteiger partial charge >= 0.3 is 0 Å². The fourth-order valence-corrected chi connectivity index (χ4v) is 4.32. The monoisotopic (exact) mass is 428 g/mol. The number of nitrogens with one attached hydrogen (secondary N) is 1. The van der Waals surface area contributed by atoms with Gasteiger partial charge in [0.2, 0.25) is 5.91 Å². The number of hydrogen-bond acceptors (Lipinski definition) is 3. The summed E-state index contributed by atoms with van der Waals surface area (Å²) in [6.45, 7) is 5.58. The molecule has 1 aromatic carbocycles. The Labute approximate surface area is 180 Å². The Kier molecular flexibility index (Phi) is 9.75. The summed E-state index contributed by atoms with van der Waals surface area (Å²) in [5.41, 5.74) is 8.21. The van der Waals surface area contributed by atoms with Crippen LogP contribution < -0.4 is 11.1 Å². The van der Waals surface area contributed by atoms with Crippen LogP contribution in [0.3, 0.4) is 0 Å². The summed E-state index contributed by atoms with van der Waals surface area (Å²) in [6.07, 6.45) is 7.14. The Morgan fingerprint density at radius 3 is 2.54 bits per heavy atom. The number of para-hydroxylation sites is 2. The normalized spacial score (nSPS) is 15.7. The van der Waals surface area contributed by atoms with Crippen molar-refractivity contribution in [2.24, 2.45) is 11.1 Å². The molecule has 5 nitrogen and oxygen atoms in total. The zero-order valence-electron chi connectivity index (χ0n) is 16.9. The van der Waals surface area contributed by atoms with Crippen LogP contribution in [0.5, 0.6) is 0 Å². The molecule has 158 valence electrons. The first-order valence-electron chi connectivity index (χ1n) is 9.97. The summed E-state index contributed by atoms with van der Waals surface area (Å²) in [7, 11) is 0. The number of carbonyl (C=O) groups is 1. The van der Waals surface area contributed by atoms with Crippen molar-refractivity contribution < 1.29 is 4.79 Å². The topological polar surface area (TPSA) is 72.9 Å². The summed E-state index contributed by atoms with van der Waals surface area (Å²) in [6, 6.07) is 8.56. The number of carbonyl (C=O) groups excluding carboxylic acids is 1. The first kappa shape index (κ1) is 24.7. The van der Waals surface area contributed by atoms with Crippen molar-refractivity contribution in [3.63, 3.8) is 0 Å².